The average Bonchev–Trinajstić information content (AvgIpc) is 2.20. The molecule has 0 fully saturated rings. The lowest BCUT2D eigenvalue weighted by molar-refractivity contribution is 0.502. The number of nitrogens with two attached hydrogens (primary N) is 1. The second kappa shape index (κ2) is 4.66. The summed E-state index contributed by atoms with van der Waals surface area (Å²) in [6.45, 7) is 6.43. The van der Waals surface area contributed by atoms with Crippen molar-refractivity contribution in [2.24, 2.45) is 5.92 Å². The molecule has 2 N–H and O–H groups in total. The molecule has 1 aromatic heterocycles. The number of hydrogen-bond acceptors (Lipinski definition) is 4. The third kappa shape index (κ3) is 2.50. The van der Waals surface area contributed by atoms with E-state index in [-0.39, 0.29) is 0 Å². The van der Waals surface area contributed by atoms with Crippen molar-refractivity contribution in [1.82, 2.24) is 9.97 Å². The van der Waals surface area contributed by atoms with Crippen LogP contribution in [-0.4, -0.2) is 23.1 Å². The van der Waals surface area contributed by atoms with E-state index in [0.29, 0.717) is 28.6 Å². The topological polar surface area (TPSA) is 55.0 Å². The van der Waals surface area contributed by atoms with E-state index in [0.717, 1.165) is 0 Å². The van der Waals surface area contributed by atoms with Gasteiger partial charge in [-0.05, 0) is 12.8 Å². The molecule has 0 saturated carbocycles. The van der Waals surface area contributed by atoms with Gasteiger partial charge in [-0.1, -0.05) is 25.4 Å². The van der Waals surface area contributed by atoms with E-state index < -0.39 is 0 Å². The number of nitrogen functional groups attached to an aromatic ring is 1. The minimum absolute atomic E-state index is 0.324. The molecule has 4 nitrogen and oxygen atoms in total. The largest absolute Gasteiger partial charge is 0.382 e. The van der Waals surface area contributed by atoms with Gasteiger partial charge in [0.05, 0.1) is 0 Å². The number of rotatable bonds is 3. The van der Waals surface area contributed by atoms with Crippen molar-refractivity contribution in [1.29, 1.82) is 0 Å². The van der Waals surface area contributed by atoms with Gasteiger partial charge < -0.3 is 10.6 Å². The molecular weight excluding hydrogens is 212 g/mol. The van der Waals surface area contributed by atoms with E-state index in [1.54, 1.807) is 0 Å². The summed E-state index contributed by atoms with van der Waals surface area (Å²) < 4.78 is 0. The molecule has 0 bridgehead atoms. The monoisotopic (exact) mass is 228 g/mol. The van der Waals surface area contributed by atoms with Crippen molar-refractivity contribution in [2.75, 3.05) is 17.7 Å². The highest BCUT2D eigenvalue weighted by molar-refractivity contribution is 6.35. The maximum Gasteiger partial charge on any atom is 0.153 e. The fourth-order valence-corrected chi connectivity index (χ4v) is 1.49. The Morgan fingerprint density at radius 3 is 2.47 bits per heavy atom. The van der Waals surface area contributed by atoms with Crippen molar-refractivity contribution < 1.29 is 0 Å². The van der Waals surface area contributed by atoms with Crippen molar-refractivity contribution in [3.8, 4) is 0 Å². The van der Waals surface area contributed by atoms with E-state index in [1.807, 2.05) is 11.9 Å². The Hall–Kier alpha value is -1.03. The van der Waals surface area contributed by atoms with E-state index in [9.17, 15) is 0 Å². The van der Waals surface area contributed by atoms with Crippen LogP contribution < -0.4 is 10.6 Å². The summed E-state index contributed by atoms with van der Waals surface area (Å²) in [4.78, 5) is 10.00. The number of hydrogen-bond donors (Lipinski definition) is 1. The highest BCUT2D eigenvalue weighted by atomic mass is 35.5. The summed E-state index contributed by atoms with van der Waals surface area (Å²) in [7, 11) is 1.96. The molecule has 1 unspecified atom stereocenters. The van der Waals surface area contributed by atoms with Gasteiger partial charge in [-0.2, -0.15) is 0 Å². The summed E-state index contributed by atoms with van der Waals surface area (Å²) in [5.41, 5.74) is 5.62. The Kier molecular flexibility index (Phi) is 3.74. The van der Waals surface area contributed by atoms with Gasteiger partial charge in [-0.15, -0.1) is 0 Å². The summed E-state index contributed by atoms with van der Waals surface area (Å²) in [6, 6.07) is 0.344. The Bertz CT molecular complexity index is 340. The first-order valence-electron chi connectivity index (χ1n) is 4.94. The minimum atomic E-state index is 0.324. The number of anilines is 2. The van der Waals surface area contributed by atoms with Gasteiger partial charge in [-0.3, -0.25) is 0 Å². The Labute approximate surface area is 95.5 Å². The quantitative estimate of drug-likeness (QED) is 0.862. The number of halogens is 1. The minimum Gasteiger partial charge on any atom is -0.382 e. The summed E-state index contributed by atoms with van der Waals surface area (Å²) >= 11 is 6.05. The molecule has 0 aromatic carbocycles. The Morgan fingerprint density at radius 2 is 1.93 bits per heavy atom. The highest BCUT2D eigenvalue weighted by Gasteiger charge is 2.18. The van der Waals surface area contributed by atoms with Crippen LogP contribution in [-0.2, 0) is 0 Å². The van der Waals surface area contributed by atoms with Gasteiger partial charge in [0, 0.05) is 13.1 Å². The molecule has 0 aliphatic carbocycles. The van der Waals surface area contributed by atoms with Gasteiger partial charge in [-0.25, -0.2) is 9.97 Å². The molecule has 0 aliphatic heterocycles. The van der Waals surface area contributed by atoms with Crippen LogP contribution in [0.2, 0.25) is 5.02 Å². The van der Waals surface area contributed by atoms with Crippen LogP contribution in [0.5, 0.6) is 0 Å². The molecule has 5 heteroatoms. The number of nitrogens with zero attached hydrogens (tertiary/aromatic N) is 3. The van der Waals surface area contributed by atoms with Crippen LogP contribution in [0.3, 0.4) is 0 Å². The maximum absolute atomic E-state index is 6.05. The molecule has 0 radical (unpaired) electrons. The molecule has 0 spiro atoms. The first-order chi connectivity index (χ1) is 6.95. The molecule has 0 saturated heterocycles. The lowest BCUT2D eigenvalue weighted by Crippen LogP contribution is -2.34. The second-order valence-corrected chi connectivity index (χ2v) is 4.37. The summed E-state index contributed by atoms with van der Waals surface area (Å²) in [5.74, 6) is 1.53. The molecular formula is C10H17ClN4. The van der Waals surface area contributed by atoms with Crippen LogP contribution in [0.4, 0.5) is 11.6 Å². The van der Waals surface area contributed by atoms with Gasteiger partial charge >= 0.3 is 0 Å². The van der Waals surface area contributed by atoms with Crippen molar-refractivity contribution in [3.63, 3.8) is 0 Å². The summed E-state index contributed by atoms with van der Waals surface area (Å²) in [6.07, 6.45) is 1.43. The molecule has 15 heavy (non-hydrogen) atoms. The van der Waals surface area contributed by atoms with Crippen LogP contribution in [0.1, 0.15) is 20.8 Å². The standard InChI is InChI=1S/C10H17ClN4/c1-6(2)7(3)15(4)10-8(11)9(12)13-5-14-10/h5-7H,1-4H3,(H2,12,13,14). The first-order valence-corrected chi connectivity index (χ1v) is 5.31. The van der Waals surface area contributed by atoms with Gasteiger partial charge in [0.15, 0.2) is 5.82 Å². The van der Waals surface area contributed by atoms with Crippen LogP contribution in [0.15, 0.2) is 6.33 Å². The molecule has 0 amide bonds. The molecule has 1 rings (SSSR count). The zero-order valence-corrected chi connectivity index (χ0v) is 10.3. The molecule has 84 valence electrons. The van der Waals surface area contributed by atoms with Gasteiger partial charge in [0.25, 0.3) is 0 Å². The normalized spacial score (nSPS) is 12.9. The predicted octanol–water partition coefficient (Wildman–Crippen LogP) is 2.19. The van der Waals surface area contributed by atoms with Crippen molar-refractivity contribution >= 4 is 23.2 Å². The maximum atomic E-state index is 6.05. The van der Waals surface area contributed by atoms with E-state index in [4.69, 9.17) is 17.3 Å². The highest BCUT2D eigenvalue weighted by Crippen LogP contribution is 2.28. The predicted molar refractivity (Wildman–Crippen MR) is 64.2 cm³/mol. The van der Waals surface area contributed by atoms with Gasteiger partial charge in [0.2, 0.25) is 0 Å². The lowest BCUT2D eigenvalue weighted by Gasteiger charge is -2.29. The van der Waals surface area contributed by atoms with E-state index in [2.05, 4.69) is 30.7 Å². The third-order valence-corrected chi connectivity index (χ3v) is 3.07. The van der Waals surface area contributed by atoms with Crippen molar-refractivity contribution in [3.05, 3.63) is 11.3 Å². The fourth-order valence-electron chi connectivity index (χ4n) is 1.26. The molecule has 0 aliphatic rings. The third-order valence-electron chi connectivity index (χ3n) is 2.71. The Morgan fingerprint density at radius 1 is 1.33 bits per heavy atom. The number of aromatic nitrogens is 2. The molecule has 1 atom stereocenters. The molecule has 1 heterocycles. The first kappa shape index (κ1) is 12.0. The van der Waals surface area contributed by atoms with Crippen molar-refractivity contribution in [2.45, 2.75) is 26.8 Å². The van der Waals surface area contributed by atoms with Gasteiger partial charge in [0.1, 0.15) is 17.2 Å². The molecule has 1 aromatic rings. The SMILES string of the molecule is CC(C)C(C)N(C)c1ncnc(N)c1Cl. The fraction of sp³-hybridized carbons (Fsp3) is 0.600. The van der Waals surface area contributed by atoms with E-state index in [1.165, 1.54) is 6.33 Å². The summed E-state index contributed by atoms with van der Waals surface area (Å²) in [5, 5.41) is 0.424. The average molecular weight is 229 g/mol. The smallest absolute Gasteiger partial charge is 0.153 e. The van der Waals surface area contributed by atoms with E-state index >= 15 is 0 Å². The zero-order chi connectivity index (χ0) is 11.6. The Balaban J connectivity index is 3.01. The second-order valence-electron chi connectivity index (χ2n) is 3.99. The van der Waals surface area contributed by atoms with Crippen LogP contribution >= 0.6 is 11.6 Å². The van der Waals surface area contributed by atoms with Crippen LogP contribution in [0.25, 0.3) is 0 Å². The zero-order valence-electron chi connectivity index (χ0n) is 9.53. The lowest BCUT2D eigenvalue weighted by atomic mass is 10.1. The van der Waals surface area contributed by atoms with Crippen LogP contribution in [0, 0.1) is 5.92 Å².